The van der Waals surface area contributed by atoms with Crippen molar-refractivity contribution in [2.45, 2.75) is 19.8 Å². The number of aromatic hydroxyl groups is 1. The molecule has 0 amide bonds. The van der Waals surface area contributed by atoms with Gasteiger partial charge in [0.25, 0.3) is 0 Å². The van der Waals surface area contributed by atoms with Gasteiger partial charge in [-0.2, -0.15) is 0 Å². The lowest BCUT2D eigenvalue weighted by Gasteiger charge is -2.15. The van der Waals surface area contributed by atoms with Crippen molar-refractivity contribution in [2.75, 3.05) is 7.11 Å². The van der Waals surface area contributed by atoms with E-state index in [1.165, 1.54) is 14.0 Å². The van der Waals surface area contributed by atoms with Crippen LogP contribution in [0.3, 0.4) is 0 Å². The van der Waals surface area contributed by atoms with Gasteiger partial charge in [0, 0.05) is 5.39 Å². The number of carbonyl (C=O) groups excluding carboxylic acids is 1. The molecule has 0 aliphatic heterocycles. The maximum Gasteiger partial charge on any atom is 0.360 e. The molecule has 0 saturated carbocycles. The Morgan fingerprint density at radius 1 is 1.15 bits per heavy atom. The zero-order valence-corrected chi connectivity index (χ0v) is 14.9. The minimum atomic E-state index is -1.01. The molecule has 3 rings (SSSR count). The van der Waals surface area contributed by atoms with Gasteiger partial charge < -0.3 is 24.4 Å². The van der Waals surface area contributed by atoms with Crippen molar-refractivity contribution in [1.29, 1.82) is 0 Å². The number of ether oxygens (including phenoxy) is 3. The molecular formula is C20H19NO6. The predicted molar refractivity (Wildman–Crippen MR) is 97.7 cm³/mol. The standard InChI is InChI=1S/C20H19NO6/c1-12(22)26-11-15-14-9-6-10-16(27-13-7-4-3-5-8-13)17(14)19(23)18(21-15)20(24)25-2/h3-10,12,22-23H,11H2,1-2H3. The summed E-state index contributed by atoms with van der Waals surface area (Å²) in [5.41, 5.74) is 0.112. The summed E-state index contributed by atoms with van der Waals surface area (Å²) in [7, 11) is 1.20. The summed E-state index contributed by atoms with van der Waals surface area (Å²) in [6, 6.07) is 14.2. The Labute approximate surface area is 155 Å². The highest BCUT2D eigenvalue weighted by atomic mass is 16.6. The molecule has 1 atom stereocenters. The largest absolute Gasteiger partial charge is 0.505 e. The fourth-order valence-electron chi connectivity index (χ4n) is 2.63. The molecule has 0 spiro atoms. The van der Waals surface area contributed by atoms with E-state index in [9.17, 15) is 15.0 Å². The van der Waals surface area contributed by atoms with E-state index in [2.05, 4.69) is 4.98 Å². The summed E-state index contributed by atoms with van der Waals surface area (Å²) in [4.78, 5) is 16.2. The summed E-state index contributed by atoms with van der Waals surface area (Å²) in [6.07, 6.45) is -1.01. The number of methoxy groups -OCH3 is 1. The maximum atomic E-state index is 12.1. The number of carbonyl (C=O) groups is 1. The number of esters is 1. The fraction of sp³-hybridized carbons (Fsp3) is 0.200. The Morgan fingerprint density at radius 3 is 2.56 bits per heavy atom. The third-order valence-corrected chi connectivity index (χ3v) is 3.86. The van der Waals surface area contributed by atoms with E-state index in [4.69, 9.17) is 14.2 Å². The van der Waals surface area contributed by atoms with E-state index >= 15 is 0 Å². The SMILES string of the molecule is COC(=O)c1nc(COC(C)O)c2cccc(Oc3ccccc3)c2c1O. The van der Waals surface area contributed by atoms with Gasteiger partial charge in [-0.1, -0.05) is 30.3 Å². The van der Waals surface area contributed by atoms with Crippen LogP contribution >= 0.6 is 0 Å². The number of rotatable bonds is 6. The molecule has 7 heteroatoms. The van der Waals surface area contributed by atoms with Crippen LogP contribution in [0.2, 0.25) is 0 Å². The van der Waals surface area contributed by atoms with Crippen molar-refractivity contribution in [3.8, 4) is 17.2 Å². The number of benzene rings is 2. The first-order chi connectivity index (χ1) is 13.0. The zero-order chi connectivity index (χ0) is 19.4. The normalized spacial score (nSPS) is 12.0. The maximum absolute atomic E-state index is 12.1. The average Bonchev–Trinajstić information content (AvgIpc) is 2.67. The minimum absolute atomic E-state index is 0.0623. The summed E-state index contributed by atoms with van der Waals surface area (Å²) in [5, 5.41) is 20.9. The summed E-state index contributed by atoms with van der Waals surface area (Å²) >= 11 is 0. The number of aliphatic hydroxyl groups excluding tert-OH is 1. The van der Waals surface area contributed by atoms with Crippen LogP contribution in [-0.2, 0) is 16.1 Å². The smallest absolute Gasteiger partial charge is 0.360 e. The molecular weight excluding hydrogens is 350 g/mol. The molecule has 7 nitrogen and oxygen atoms in total. The topological polar surface area (TPSA) is 98.1 Å². The Hall–Kier alpha value is -3.16. The average molecular weight is 369 g/mol. The quantitative estimate of drug-likeness (QED) is 0.508. The molecule has 1 heterocycles. The highest BCUT2D eigenvalue weighted by Gasteiger charge is 2.22. The molecule has 0 saturated heterocycles. The number of hydrogen-bond donors (Lipinski definition) is 2. The second-order valence-electron chi connectivity index (χ2n) is 5.75. The van der Waals surface area contributed by atoms with Gasteiger partial charge in [0.05, 0.1) is 24.8 Å². The number of para-hydroxylation sites is 1. The Balaban J connectivity index is 2.19. The van der Waals surface area contributed by atoms with E-state index in [1.807, 2.05) is 18.2 Å². The van der Waals surface area contributed by atoms with Crippen molar-refractivity contribution in [2.24, 2.45) is 0 Å². The predicted octanol–water partition coefficient (Wildman–Crippen LogP) is 3.37. The van der Waals surface area contributed by atoms with Crippen LogP contribution in [0, 0.1) is 0 Å². The lowest BCUT2D eigenvalue weighted by atomic mass is 10.1. The number of aromatic nitrogens is 1. The molecule has 2 aromatic carbocycles. The molecule has 1 unspecified atom stereocenters. The van der Waals surface area contributed by atoms with Gasteiger partial charge in [-0.25, -0.2) is 9.78 Å². The second-order valence-corrected chi connectivity index (χ2v) is 5.75. The van der Waals surface area contributed by atoms with Gasteiger partial charge in [0.15, 0.2) is 17.7 Å². The van der Waals surface area contributed by atoms with E-state index in [0.29, 0.717) is 28.0 Å². The third-order valence-electron chi connectivity index (χ3n) is 3.86. The molecule has 140 valence electrons. The van der Waals surface area contributed by atoms with Crippen molar-refractivity contribution >= 4 is 16.7 Å². The first-order valence-electron chi connectivity index (χ1n) is 8.26. The molecule has 1 aromatic heterocycles. The van der Waals surface area contributed by atoms with Gasteiger partial charge >= 0.3 is 5.97 Å². The molecule has 27 heavy (non-hydrogen) atoms. The van der Waals surface area contributed by atoms with Crippen LogP contribution in [0.25, 0.3) is 10.8 Å². The summed E-state index contributed by atoms with van der Waals surface area (Å²) in [6.45, 7) is 1.40. The van der Waals surface area contributed by atoms with Gasteiger partial charge in [0.1, 0.15) is 11.5 Å². The van der Waals surface area contributed by atoms with Gasteiger partial charge in [-0.15, -0.1) is 0 Å². The van der Waals surface area contributed by atoms with Crippen LogP contribution in [0.1, 0.15) is 23.1 Å². The van der Waals surface area contributed by atoms with Crippen molar-refractivity contribution in [3.63, 3.8) is 0 Å². The van der Waals surface area contributed by atoms with Gasteiger partial charge in [-0.05, 0) is 25.1 Å². The van der Waals surface area contributed by atoms with E-state index in [-0.39, 0.29) is 18.1 Å². The highest BCUT2D eigenvalue weighted by molar-refractivity contribution is 6.02. The molecule has 3 aromatic rings. The fourth-order valence-corrected chi connectivity index (χ4v) is 2.63. The summed E-state index contributed by atoms with van der Waals surface area (Å²) < 4.78 is 15.8. The van der Waals surface area contributed by atoms with Crippen molar-refractivity contribution in [1.82, 2.24) is 4.98 Å². The van der Waals surface area contributed by atoms with Crippen LogP contribution in [0.4, 0.5) is 0 Å². The van der Waals surface area contributed by atoms with Crippen LogP contribution in [0.5, 0.6) is 17.2 Å². The first-order valence-corrected chi connectivity index (χ1v) is 8.26. The Morgan fingerprint density at radius 2 is 1.89 bits per heavy atom. The van der Waals surface area contributed by atoms with Crippen LogP contribution in [0.15, 0.2) is 48.5 Å². The molecule has 2 N–H and O–H groups in total. The Kier molecular flexibility index (Phi) is 5.54. The monoisotopic (exact) mass is 369 g/mol. The minimum Gasteiger partial charge on any atom is -0.505 e. The number of pyridine rings is 1. The molecule has 0 aliphatic rings. The van der Waals surface area contributed by atoms with E-state index in [0.717, 1.165) is 0 Å². The summed E-state index contributed by atoms with van der Waals surface area (Å²) in [5.74, 6) is -0.212. The van der Waals surface area contributed by atoms with Crippen molar-refractivity contribution in [3.05, 3.63) is 59.9 Å². The van der Waals surface area contributed by atoms with E-state index < -0.39 is 12.3 Å². The second kappa shape index (κ2) is 8.03. The van der Waals surface area contributed by atoms with Crippen molar-refractivity contribution < 1.29 is 29.2 Å². The van der Waals surface area contributed by atoms with Gasteiger partial charge in [0.2, 0.25) is 0 Å². The molecule has 0 bridgehead atoms. The highest BCUT2D eigenvalue weighted by Crippen LogP contribution is 2.39. The van der Waals surface area contributed by atoms with Crippen LogP contribution < -0.4 is 4.74 Å². The number of fused-ring (bicyclic) bond motifs is 1. The lowest BCUT2D eigenvalue weighted by molar-refractivity contribution is -0.0945. The number of aliphatic hydroxyl groups is 1. The first kappa shape index (κ1) is 18.6. The number of hydrogen-bond acceptors (Lipinski definition) is 7. The van der Waals surface area contributed by atoms with E-state index in [1.54, 1.807) is 30.3 Å². The number of nitrogens with zero attached hydrogens (tertiary/aromatic N) is 1. The molecule has 0 aliphatic carbocycles. The van der Waals surface area contributed by atoms with Crippen LogP contribution in [-0.4, -0.2) is 34.6 Å². The lowest BCUT2D eigenvalue weighted by Crippen LogP contribution is -2.11. The molecule has 0 radical (unpaired) electrons. The zero-order valence-electron chi connectivity index (χ0n) is 14.9. The molecule has 0 fully saturated rings. The van der Waals surface area contributed by atoms with Gasteiger partial charge in [-0.3, -0.25) is 0 Å². The third kappa shape index (κ3) is 3.99. The Bertz CT molecular complexity index is 956.